The van der Waals surface area contributed by atoms with Crippen molar-refractivity contribution in [3.8, 4) is 5.75 Å². The van der Waals surface area contributed by atoms with Crippen molar-refractivity contribution in [2.45, 2.75) is 12.5 Å². The topological polar surface area (TPSA) is 80.7 Å². The third-order valence-electron chi connectivity index (χ3n) is 3.17. The fourth-order valence-electron chi connectivity index (χ4n) is 2.10. The molecule has 1 amide bonds. The number of thioether (sulfide) groups is 2. The van der Waals surface area contributed by atoms with Crippen LogP contribution >= 0.6 is 35.7 Å². The zero-order valence-corrected chi connectivity index (χ0v) is 14.7. The van der Waals surface area contributed by atoms with Crippen LogP contribution in [0.25, 0.3) is 6.08 Å². The van der Waals surface area contributed by atoms with Crippen LogP contribution in [-0.4, -0.2) is 44.3 Å². The molecular weight excluding hydrogens is 354 g/mol. The van der Waals surface area contributed by atoms with Crippen molar-refractivity contribution in [2.75, 3.05) is 12.0 Å². The summed E-state index contributed by atoms with van der Waals surface area (Å²) < 4.78 is 0.205. The number of thiocarbonyl (C=S) groups is 1. The Kier molecular flexibility index (Phi) is 6.09. The van der Waals surface area contributed by atoms with E-state index in [2.05, 4.69) is 0 Å². The first-order valence-corrected chi connectivity index (χ1v) is 9.31. The monoisotopic (exact) mass is 368 g/mol. The lowest BCUT2D eigenvalue weighted by Crippen LogP contribution is -2.50. The largest absolute Gasteiger partial charge is 0.548 e. The molecule has 1 heterocycles. The van der Waals surface area contributed by atoms with Gasteiger partial charge in [0.25, 0.3) is 5.91 Å². The average molecular weight is 368 g/mol. The number of phenolic OH excluding ortho intramolecular Hbond substituents is 1. The number of amides is 1. The first-order valence-electron chi connectivity index (χ1n) is 6.70. The van der Waals surface area contributed by atoms with Gasteiger partial charge >= 0.3 is 0 Å². The van der Waals surface area contributed by atoms with Crippen LogP contribution in [0.1, 0.15) is 12.0 Å². The Balaban J connectivity index is 2.26. The van der Waals surface area contributed by atoms with Crippen molar-refractivity contribution in [2.24, 2.45) is 0 Å². The molecule has 0 spiro atoms. The van der Waals surface area contributed by atoms with E-state index in [0.29, 0.717) is 16.2 Å². The van der Waals surface area contributed by atoms with Crippen molar-refractivity contribution < 1.29 is 19.8 Å². The smallest absolute Gasteiger partial charge is 0.266 e. The van der Waals surface area contributed by atoms with Gasteiger partial charge in [-0.05, 0) is 42.2 Å². The number of carbonyl (C=O) groups excluding carboxylic acids is 2. The van der Waals surface area contributed by atoms with Gasteiger partial charge in [0.2, 0.25) is 0 Å². The van der Waals surface area contributed by atoms with E-state index in [1.807, 2.05) is 6.26 Å². The van der Waals surface area contributed by atoms with Crippen molar-refractivity contribution in [1.82, 2.24) is 4.90 Å². The number of rotatable bonds is 6. The van der Waals surface area contributed by atoms with Crippen molar-refractivity contribution in [3.63, 3.8) is 0 Å². The molecule has 0 bridgehead atoms. The van der Waals surface area contributed by atoms with Gasteiger partial charge in [0, 0.05) is 0 Å². The molecule has 23 heavy (non-hydrogen) atoms. The number of benzene rings is 1. The fourth-order valence-corrected chi connectivity index (χ4v) is 3.91. The second kappa shape index (κ2) is 7.85. The molecule has 0 aliphatic carbocycles. The molecule has 1 N–H and O–H groups in total. The number of hydrogen-bond acceptors (Lipinski definition) is 7. The summed E-state index contributed by atoms with van der Waals surface area (Å²) in [5, 5.41) is 20.8. The molecule has 122 valence electrons. The third-order valence-corrected chi connectivity index (χ3v) is 5.15. The van der Waals surface area contributed by atoms with Crippen LogP contribution in [0.3, 0.4) is 0 Å². The maximum atomic E-state index is 12.5. The summed E-state index contributed by atoms with van der Waals surface area (Å²) in [5.74, 6) is -1.09. The highest BCUT2D eigenvalue weighted by atomic mass is 32.2. The Bertz CT molecular complexity index is 674. The summed E-state index contributed by atoms with van der Waals surface area (Å²) in [6, 6.07) is 5.36. The zero-order chi connectivity index (χ0) is 17.0. The van der Waals surface area contributed by atoms with E-state index in [4.69, 9.17) is 12.2 Å². The van der Waals surface area contributed by atoms with Crippen LogP contribution in [0.15, 0.2) is 29.2 Å². The predicted octanol–water partition coefficient (Wildman–Crippen LogP) is 1.46. The lowest BCUT2D eigenvalue weighted by molar-refractivity contribution is -0.310. The van der Waals surface area contributed by atoms with E-state index >= 15 is 0 Å². The maximum absolute atomic E-state index is 12.5. The molecule has 1 unspecified atom stereocenters. The minimum Gasteiger partial charge on any atom is -0.548 e. The first kappa shape index (κ1) is 17.8. The van der Waals surface area contributed by atoms with Gasteiger partial charge in [-0.2, -0.15) is 11.8 Å². The minimum absolute atomic E-state index is 0.0850. The normalized spacial score (nSPS) is 17.8. The van der Waals surface area contributed by atoms with Crippen LogP contribution in [0.2, 0.25) is 0 Å². The summed E-state index contributed by atoms with van der Waals surface area (Å²) >= 11 is 7.71. The van der Waals surface area contributed by atoms with Gasteiger partial charge in [-0.25, -0.2) is 0 Å². The maximum Gasteiger partial charge on any atom is 0.266 e. The second-order valence-corrected chi connectivity index (χ2v) is 7.42. The molecule has 1 aliphatic rings. The molecule has 1 fully saturated rings. The van der Waals surface area contributed by atoms with E-state index in [1.54, 1.807) is 18.2 Å². The molecule has 5 nitrogen and oxygen atoms in total. The molecule has 1 atom stereocenters. The van der Waals surface area contributed by atoms with Crippen LogP contribution in [0, 0.1) is 0 Å². The number of hydrogen-bond donors (Lipinski definition) is 1. The van der Waals surface area contributed by atoms with Gasteiger partial charge in [-0.1, -0.05) is 36.1 Å². The molecular formula is C15H14NO4S3-. The minimum atomic E-state index is -1.31. The lowest BCUT2D eigenvalue weighted by atomic mass is 10.1. The third kappa shape index (κ3) is 4.27. The summed E-state index contributed by atoms with van der Waals surface area (Å²) in [5.41, 5.74) is 0.639. The molecule has 1 aromatic carbocycles. The van der Waals surface area contributed by atoms with Gasteiger partial charge in [-0.3, -0.25) is 9.69 Å². The first-order chi connectivity index (χ1) is 10.9. The molecule has 0 radical (unpaired) electrons. The average Bonchev–Trinajstić information content (AvgIpc) is 2.75. The highest BCUT2D eigenvalue weighted by Gasteiger charge is 2.37. The Morgan fingerprint density at radius 1 is 1.57 bits per heavy atom. The number of nitrogens with zero attached hydrogens (tertiary/aromatic N) is 1. The van der Waals surface area contributed by atoms with Gasteiger partial charge in [-0.15, -0.1) is 0 Å². The highest BCUT2D eigenvalue weighted by molar-refractivity contribution is 8.26. The van der Waals surface area contributed by atoms with E-state index < -0.39 is 17.9 Å². The lowest BCUT2D eigenvalue weighted by Gasteiger charge is -2.27. The van der Waals surface area contributed by atoms with E-state index in [1.165, 1.54) is 23.9 Å². The van der Waals surface area contributed by atoms with Crippen molar-refractivity contribution in [1.29, 1.82) is 0 Å². The molecule has 1 saturated heterocycles. The van der Waals surface area contributed by atoms with E-state index in [0.717, 1.165) is 16.7 Å². The van der Waals surface area contributed by atoms with Gasteiger partial charge in [0.05, 0.1) is 16.9 Å². The summed E-state index contributed by atoms with van der Waals surface area (Å²) in [6.45, 7) is 0. The Labute approximate surface area is 147 Å². The quantitative estimate of drug-likeness (QED) is 0.601. The fraction of sp³-hybridized carbons (Fsp3) is 0.267. The molecule has 0 saturated carbocycles. The Hall–Kier alpha value is -1.51. The van der Waals surface area contributed by atoms with Gasteiger partial charge < -0.3 is 15.0 Å². The number of carbonyl (C=O) groups is 2. The number of phenols is 1. The number of carboxylic acids is 1. The van der Waals surface area contributed by atoms with Crippen LogP contribution in [-0.2, 0) is 9.59 Å². The number of aliphatic carboxylic acids is 1. The Morgan fingerprint density at radius 2 is 2.30 bits per heavy atom. The molecule has 1 aliphatic heterocycles. The summed E-state index contributed by atoms with van der Waals surface area (Å²) in [4.78, 5) is 25.3. The molecule has 1 aromatic rings. The Morgan fingerprint density at radius 3 is 2.91 bits per heavy atom. The van der Waals surface area contributed by atoms with Crippen molar-refractivity contribution in [3.05, 3.63) is 34.7 Å². The standard InChI is InChI=1S/C15H15NO4S3/c1-22-6-5-11(14(19)20)16-13(18)12(23-15(16)21)8-9-3-2-4-10(17)7-9/h2-4,7-8,11,17H,5-6H2,1H3,(H,19,20)/p-1. The number of carboxylic acid groups (broad SMARTS) is 1. The SMILES string of the molecule is CSCCC(C(=O)[O-])N1C(=O)C(=Cc2cccc(O)c2)SC1=S. The summed E-state index contributed by atoms with van der Waals surface area (Å²) in [6.07, 6.45) is 3.72. The van der Waals surface area contributed by atoms with Crippen LogP contribution in [0.4, 0.5) is 0 Å². The molecule has 0 aromatic heterocycles. The summed E-state index contributed by atoms with van der Waals surface area (Å²) in [7, 11) is 0. The van der Waals surface area contributed by atoms with Gasteiger partial charge in [0.15, 0.2) is 0 Å². The second-order valence-electron chi connectivity index (χ2n) is 4.76. The van der Waals surface area contributed by atoms with Crippen LogP contribution in [0.5, 0.6) is 5.75 Å². The molecule has 2 rings (SSSR count). The molecule has 8 heteroatoms. The van der Waals surface area contributed by atoms with Crippen LogP contribution < -0.4 is 5.11 Å². The van der Waals surface area contributed by atoms with E-state index in [9.17, 15) is 19.8 Å². The highest BCUT2D eigenvalue weighted by Crippen LogP contribution is 2.35. The zero-order valence-electron chi connectivity index (χ0n) is 12.2. The van der Waals surface area contributed by atoms with E-state index in [-0.39, 0.29) is 16.5 Å². The number of aromatic hydroxyl groups is 1. The predicted molar refractivity (Wildman–Crippen MR) is 94.9 cm³/mol. The van der Waals surface area contributed by atoms with Gasteiger partial charge in [0.1, 0.15) is 10.1 Å². The van der Waals surface area contributed by atoms with Crippen molar-refractivity contribution >= 4 is 58.0 Å².